The summed E-state index contributed by atoms with van der Waals surface area (Å²) in [5, 5.41) is 0. The zero-order valence-electron chi connectivity index (χ0n) is 19.0. The van der Waals surface area contributed by atoms with E-state index in [-0.39, 0.29) is 0 Å². The topological polar surface area (TPSA) is 64.8 Å². The second-order valence-electron chi connectivity index (χ2n) is 8.91. The Morgan fingerprint density at radius 2 is 1.66 bits per heavy atom. The van der Waals surface area contributed by atoms with Crippen molar-refractivity contribution in [1.82, 2.24) is 19.8 Å². The van der Waals surface area contributed by atoms with Gasteiger partial charge in [-0.15, -0.1) is 0 Å². The van der Waals surface area contributed by atoms with Gasteiger partial charge in [-0.1, -0.05) is 18.7 Å². The van der Waals surface area contributed by atoms with Crippen LogP contribution in [-0.2, 0) is 13.0 Å². The highest BCUT2D eigenvalue weighted by molar-refractivity contribution is 5.77. The van der Waals surface area contributed by atoms with Gasteiger partial charge in [0, 0.05) is 64.3 Å². The second kappa shape index (κ2) is 8.31. The van der Waals surface area contributed by atoms with Crippen LogP contribution in [0.5, 0.6) is 0 Å². The maximum atomic E-state index is 6.13. The smallest absolute Gasteiger partial charge is 0.223 e. The average molecular weight is 430 g/mol. The average Bonchev–Trinajstić information content (AvgIpc) is 2.80. The number of nitrogens with two attached hydrogens (primary N) is 1. The largest absolute Gasteiger partial charge is 0.368 e. The van der Waals surface area contributed by atoms with E-state index in [1.165, 1.54) is 22.3 Å². The molecule has 1 aromatic heterocycles. The number of allylic oxidation sites excluding steroid dienone is 3. The van der Waals surface area contributed by atoms with Crippen LogP contribution in [0.25, 0.3) is 5.57 Å². The first kappa shape index (κ1) is 20.6. The first-order chi connectivity index (χ1) is 15.5. The van der Waals surface area contributed by atoms with Gasteiger partial charge in [0.1, 0.15) is 11.6 Å². The Bertz CT molecular complexity index is 1100. The number of aromatic nitrogens is 2. The molecule has 0 radical (unpaired) electrons. The van der Waals surface area contributed by atoms with Crippen LogP contribution in [0, 0.1) is 0 Å². The number of fused-ring (bicyclic) bond motifs is 1. The number of piperazine rings is 1. The SMILES string of the molecule is C=C1C=C(c2ccc3c(c2)CN(c2cc(N4CCN(C)CC4)nc(N)n2)CC3)C=CN1C. The fraction of sp³-hybridized carbons (Fsp3) is 0.360. The van der Waals surface area contributed by atoms with E-state index in [1.807, 2.05) is 11.9 Å². The molecule has 0 bridgehead atoms. The normalized spacial score (nSPS) is 19.2. The third-order valence-electron chi connectivity index (χ3n) is 6.67. The van der Waals surface area contributed by atoms with Gasteiger partial charge < -0.3 is 25.3 Å². The van der Waals surface area contributed by atoms with Crippen LogP contribution in [0.2, 0.25) is 0 Å². The predicted molar refractivity (Wildman–Crippen MR) is 131 cm³/mol. The van der Waals surface area contributed by atoms with E-state index in [2.05, 4.69) is 80.9 Å². The number of nitrogens with zero attached hydrogens (tertiary/aromatic N) is 6. The number of benzene rings is 1. The molecule has 2 N–H and O–H groups in total. The van der Waals surface area contributed by atoms with Crippen LogP contribution in [0.4, 0.5) is 17.6 Å². The van der Waals surface area contributed by atoms with Crippen molar-refractivity contribution in [3.05, 3.63) is 71.6 Å². The van der Waals surface area contributed by atoms with E-state index >= 15 is 0 Å². The summed E-state index contributed by atoms with van der Waals surface area (Å²) in [5.41, 5.74) is 12.3. The minimum atomic E-state index is 0.344. The summed E-state index contributed by atoms with van der Waals surface area (Å²) in [7, 11) is 4.17. The highest BCUT2D eigenvalue weighted by Gasteiger charge is 2.22. The Kier molecular flexibility index (Phi) is 5.35. The number of hydrogen-bond acceptors (Lipinski definition) is 7. The van der Waals surface area contributed by atoms with Crippen molar-refractivity contribution < 1.29 is 0 Å². The molecule has 5 rings (SSSR count). The van der Waals surface area contributed by atoms with Crippen molar-refractivity contribution in [1.29, 1.82) is 0 Å². The molecule has 4 heterocycles. The van der Waals surface area contributed by atoms with Gasteiger partial charge in [0.25, 0.3) is 0 Å². The quantitative estimate of drug-likeness (QED) is 0.805. The molecule has 1 fully saturated rings. The molecule has 0 atom stereocenters. The standard InChI is InChI=1S/C25H31N7/c1-18-14-21(6-8-30(18)3)20-5-4-19-7-9-32(17-22(19)15-20)24-16-23(27-25(26)28-24)31-12-10-29(2)11-13-31/h4-6,8,14-16H,1,7,9-13,17H2,2-3H3,(H2,26,27,28). The van der Waals surface area contributed by atoms with Crippen molar-refractivity contribution in [2.75, 3.05) is 62.4 Å². The molecule has 0 spiro atoms. The Morgan fingerprint density at radius 1 is 0.906 bits per heavy atom. The van der Waals surface area contributed by atoms with E-state index < -0.39 is 0 Å². The summed E-state index contributed by atoms with van der Waals surface area (Å²) in [6.45, 7) is 9.86. The summed E-state index contributed by atoms with van der Waals surface area (Å²) in [6.07, 6.45) is 7.33. The van der Waals surface area contributed by atoms with E-state index in [1.54, 1.807) is 0 Å². The van der Waals surface area contributed by atoms with Gasteiger partial charge >= 0.3 is 0 Å². The van der Waals surface area contributed by atoms with E-state index in [4.69, 9.17) is 5.73 Å². The third-order valence-corrected chi connectivity index (χ3v) is 6.67. The highest BCUT2D eigenvalue weighted by Crippen LogP contribution is 2.30. The lowest BCUT2D eigenvalue weighted by Crippen LogP contribution is -2.45. The van der Waals surface area contributed by atoms with Crippen LogP contribution in [0.15, 0.2) is 54.9 Å². The zero-order chi connectivity index (χ0) is 22.2. The first-order valence-electron chi connectivity index (χ1n) is 11.2. The maximum Gasteiger partial charge on any atom is 0.223 e. The first-order valence-corrected chi connectivity index (χ1v) is 11.2. The predicted octanol–water partition coefficient (Wildman–Crippen LogP) is 2.73. The summed E-state index contributed by atoms with van der Waals surface area (Å²) in [5.74, 6) is 2.19. The van der Waals surface area contributed by atoms with Gasteiger partial charge in [0.15, 0.2) is 0 Å². The number of nitrogen functional groups attached to an aromatic ring is 1. The lowest BCUT2D eigenvalue weighted by Gasteiger charge is -2.34. The number of rotatable bonds is 3. The molecule has 1 aromatic carbocycles. The molecule has 2 aromatic rings. The van der Waals surface area contributed by atoms with Crippen molar-refractivity contribution in [2.24, 2.45) is 0 Å². The van der Waals surface area contributed by atoms with Crippen molar-refractivity contribution in [3.8, 4) is 0 Å². The molecule has 1 saturated heterocycles. The van der Waals surface area contributed by atoms with Crippen LogP contribution in [0.1, 0.15) is 16.7 Å². The summed E-state index contributed by atoms with van der Waals surface area (Å²) < 4.78 is 0. The second-order valence-corrected chi connectivity index (χ2v) is 8.91. The molecule has 0 saturated carbocycles. The van der Waals surface area contributed by atoms with Gasteiger partial charge in [-0.05, 0) is 54.0 Å². The summed E-state index contributed by atoms with van der Waals surface area (Å²) in [6, 6.07) is 8.89. The number of hydrogen-bond donors (Lipinski definition) is 1. The highest BCUT2D eigenvalue weighted by atomic mass is 15.3. The molecule has 3 aliphatic heterocycles. The summed E-state index contributed by atoms with van der Waals surface area (Å²) in [4.78, 5) is 18.1. The molecule has 0 unspecified atom stereocenters. The Hall–Kier alpha value is -3.32. The van der Waals surface area contributed by atoms with Crippen molar-refractivity contribution in [3.63, 3.8) is 0 Å². The maximum absolute atomic E-state index is 6.13. The molecule has 0 amide bonds. The van der Waals surface area contributed by atoms with Gasteiger partial charge in [0.2, 0.25) is 5.95 Å². The molecular weight excluding hydrogens is 398 g/mol. The Morgan fingerprint density at radius 3 is 2.41 bits per heavy atom. The fourth-order valence-electron chi connectivity index (χ4n) is 4.53. The number of likely N-dealkylation sites (N-methyl/N-ethyl adjacent to an activating group) is 2. The van der Waals surface area contributed by atoms with Crippen LogP contribution in [0.3, 0.4) is 0 Å². The zero-order valence-corrected chi connectivity index (χ0v) is 19.0. The molecule has 7 heteroatoms. The molecule has 7 nitrogen and oxygen atoms in total. The van der Waals surface area contributed by atoms with Gasteiger partial charge in [-0.3, -0.25) is 0 Å². The summed E-state index contributed by atoms with van der Waals surface area (Å²) >= 11 is 0. The minimum Gasteiger partial charge on any atom is -0.368 e. The molecule has 166 valence electrons. The van der Waals surface area contributed by atoms with Crippen LogP contribution in [-0.4, -0.2) is 66.6 Å². The minimum absolute atomic E-state index is 0.344. The lowest BCUT2D eigenvalue weighted by molar-refractivity contribution is 0.312. The molecule has 0 aliphatic carbocycles. The molecule has 32 heavy (non-hydrogen) atoms. The van der Waals surface area contributed by atoms with Gasteiger partial charge in [-0.25, -0.2) is 0 Å². The number of anilines is 3. The van der Waals surface area contributed by atoms with E-state index in [9.17, 15) is 0 Å². The van der Waals surface area contributed by atoms with Crippen molar-refractivity contribution >= 4 is 23.2 Å². The Balaban J connectivity index is 1.39. The van der Waals surface area contributed by atoms with E-state index in [0.717, 1.165) is 63.0 Å². The molecular formula is C25H31N7. The fourth-order valence-corrected chi connectivity index (χ4v) is 4.53. The Labute approximate surface area is 190 Å². The van der Waals surface area contributed by atoms with Crippen molar-refractivity contribution in [2.45, 2.75) is 13.0 Å². The van der Waals surface area contributed by atoms with Crippen LogP contribution < -0.4 is 15.5 Å². The third kappa shape index (κ3) is 4.08. The van der Waals surface area contributed by atoms with Gasteiger partial charge in [0.05, 0.1) is 0 Å². The van der Waals surface area contributed by atoms with Crippen LogP contribution >= 0.6 is 0 Å². The lowest BCUT2D eigenvalue weighted by atomic mass is 9.93. The van der Waals surface area contributed by atoms with E-state index in [0.29, 0.717) is 5.95 Å². The molecule has 3 aliphatic rings. The monoisotopic (exact) mass is 429 g/mol. The van der Waals surface area contributed by atoms with Gasteiger partial charge in [-0.2, -0.15) is 9.97 Å².